The maximum absolute atomic E-state index is 13.3. The number of carboxylic acid groups (broad SMARTS) is 1. The molecular formula is C63H74N2O8. The van der Waals surface area contributed by atoms with Crippen LogP contribution in [0.5, 0.6) is 17.2 Å². The molecule has 2 aliphatic heterocycles. The number of phenolic OH excluding ortho intramolecular Hbond substituents is 1. The fraction of sp³-hybridized carbons (Fsp3) is 0.444. The van der Waals surface area contributed by atoms with Crippen molar-refractivity contribution in [2.24, 2.45) is 23.7 Å². The molecule has 5 aliphatic carbocycles. The van der Waals surface area contributed by atoms with E-state index in [0.29, 0.717) is 52.6 Å². The Bertz CT molecular complexity index is 2860. The summed E-state index contributed by atoms with van der Waals surface area (Å²) in [7, 11) is 0. The third kappa shape index (κ3) is 12.4. The predicted molar refractivity (Wildman–Crippen MR) is 291 cm³/mol. The van der Waals surface area contributed by atoms with Crippen LogP contribution in [0, 0.1) is 23.7 Å². The zero-order valence-corrected chi connectivity index (χ0v) is 41.7. The number of rotatable bonds is 21. The van der Waals surface area contributed by atoms with Gasteiger partial charge in [0, 0.05) is 40.8 Å². The maximum atomic E-state index is 13.3. The van der Waals surface area contributed by atoms with Crippen molar-refractivity contribution in [1.29, 1.82) is 0 Å². The number of hydrogen-bond donors (Lipinski definition) is 3. The summed E-state index contributed by atoms with van der Waals surface area (Å²) >= 11 is 0. The highest BCUT2D eigenvalue weighted by Gasteiger charge is 2.46. The smallest absolute Gasteiger partial charge is 0.336 e. The lowest BCUT2D eigenvalue weighted by atomic mass is 9.53. The molecule has 7 aliphatic rings. The van der Waals surface area contributed by atoms with Crippen LogP contribution in [0.4, 0.5) is 0 Å². The first-order valence-electron chi connectivity index (χ1n) is 27.0. The fourth-order valence-corrected chi connectivity index (χ4v) is 12.7. The summed E-state index contributed by atoms with van der Waals surface area (Å²) in [5.74, 6) is 3.67. The SMILES string of the molecule is C.O=C(NCCCCCCOc1ccc(C(=C2C3CC4CC(C3)CC2C4)c2ccc(OCCCCCCN3CCCCCC3)cc2)cc1)c1ccc(-c2c3ccc(=O)cc-3oc3cc(O)ccc23)c(C(=O)O)c1. The largest absolute Gasteiger partial charge is 0.508 e. The molecule has 11 rings (SSSR count). The number of carbonyl (C=O) groups excluding carboxylic acids is 1. The van der Waals surface area contributed by atoms with Crippen molar-refractivity contribution in [3.8, 4) is 39.7 Å². The van der Waals surface area contributed by atoms with Crippen molar-refractivity contribution in [2.75, 3.05) is 39.4 Å². The lowest BCUT2D eigenvalue weighted by Gasteiger charge is -2.52. The molecule has 4 saturated carbocycles. The molecule has 0 atom stereocenters. The molecule has 10 nitrogen and oxygen atoms in total. The van der Waals surface area contributed by atoms with Gasteiger partial charge in [-0.25, -0.2) is 4.79 Å². The highest BCUT2D eigenvalue weighted by Crippen LogP contribution is 2.58. The molecule has 1 amide bonds. The first kappa shape index (κ1) is 51.5. The molecule has 4 aromatic carbocycles. The van der Waals surface area contributed by atoms with Crippen LogP contribution in [0.2, 0.25) is 0 Å². The Morgan fingerprint density at radius 2 is 1.22 bits per heavy atom. The van der Waals surface area contributed by atoms with Crippen LogP contribution in [0.1, 0.15) is 148 Å². The van der Waals surface area contributed by atoms with Gasteiger partial charge in [0.05, 0.1) is 18.8 Å². The van der Waals surface area contributed by atoms with E-state index in [2.05, 4.69) is 58.7 Å². The van der Waals surface area contributed by atoms with E-state index in [-0.39, 0.29) is 41.4 Å². The molecule has 0 aromatic heterocycles. The first-order chi connectivity index (χ1) is 35.2. The molecule has 5 fully saturated rings. The van der Waals surface area contributed by atoms with E-state index < -0.39 is 5.97 Å². The average molecular weight is 987 g/mol. The normalized spacial score (nSPS) is 19.4. The van der Waals surface area contributed by atoms with Crippen molar-refractivity contribution in [1.82, 2.24) is 10.2 Å². The fourth-order valence-electron chi connectivity index (χ4n) is 12.7. The van der Waals surface area contributed by atoms with Crippen LogP contribution in [0.15, 0.2) is 118 Å². The molecule has 4 bridgehead atoms. The number of fused-ring (bicyclic) bond motifs is 2. The summed E-state index contributed by atoms with van der Waals surface area (Å²) in [4.78, 5) is 40.8. The lowest BCUT2D eigenvalue weighted by Crippen LogP contribution is -2.40. The van der Waals surface area contributed by atoms with E-state index in [1.807, 2.05) is 0 Å². The monoisotopic (exact) mass is 987 g/mol. The first-order valence-corrected chi connectivity index (χ1v) is 27.0. The van der Waals surface area contributed by atoms with E-state index >= 15 is 0 Å². The van der Waals surface area contributed by atoms with Gasteiger partial charge in [0.15, 0.2) is 5.43 Å². The minimum atomic E-state index is -1.20. The molecule has 2 heterocycles. The molecule has 3 N–H and O–H groups in total. The van der Waals surface area contributed by atoms with Crippen LogP contribution in [-0.4, -0.2) is 66.4 Å². The van der Waals surface area contributed by atoms with E-state index in [0.717, 1.165) is 62.0 Å². The number of amides is 1. The Balaban J connectivity index is 0.00000656. The van der Waals surface area contributed by atoms with Gasteiger partial charge < -0.3 is 34.3 Å². The minimum absolute atomic E-state index is 0. The molecule has 0 radical (unpaired) electrons. The number of benzene rings is 5. The number of hydrogen-bond acceptors (Lipinski definition) is 8. The Morgan fingerprint density at radius 1 is 0.630 bits per heavy atom. The van der Waals surface area contributed by atoms with Crippen molar-refractivity contribution in [3.63, 3.8) is 0 Å². The average Bonchev–Trinajstić information content (AvgIpc) is 3.66. The number of nitrogens with one attached hydrogen (secondary N) is 1. The van der Waals surface area contributed by atoms with Gasteiger partial charge in [-0.1, -0.05) is 81.9 Å². The van der Waals surface area contributed by atoms with Gasteiger partial charge in [-0.05, 0) is 197 Å². The van der Waals surface area contributed by atoms with Gasteiger partial charge in [0.1, 0.15) is 28.6 Å². The highest BCUT2D eigenvalue weighted by atomic mass is 16.5. The number of carbonyl (C=O) groups is 2. The summed E-state index contributed by atoms with van der Waals surface area (Å²) in [6.45, 7) is 5.66. The van der Waals surface area contributed by atoms with Crippen LogP contribution in [0.3, 0.4) is 0 Å². The van der Waals surface area contributed by atoms with Crippen LogP contribution in [-0.2, 0) is 0 Å². The molecule has 0 unspecified atom stereocenters. The van der Waals surface area contributed by atoms with E-state index in [4.69, 9.17) is 13.9 Å². The zero-order chi connectivity index (χ0) is 49.4. The molecule has 384 valence electrons. The maximum Gasteiger partial charge on any atom is 0.336 e. The van der Waals surface area contributed by atoms with Crippen molar-refractivity contribution < 1.29 is 33.7 Å². The van der Waals surface area contributed by atoms with Gasteiger partial charge in [-0.15, -0.1) is 0 Å². The van der Waals surface area contributed by atoms with Gasteiger partial charge in [-0.3, -0.25) is 9.59 Å². The van der Waals surface area contributed by atoms with Crippen LogP contribution < -0.4 is 20.2 Å². The Kier molecular flexibility index (Phi) is 17.0. The third-order valence-electron chi connectivity index (χ3n) is 16.0. The summed E-state index contributed by atoms with van der Waals surface area (Å²) < 4.78 is 18.5. The number of phenols is 1. The second-order valence-corrected chi connectivity index (χ2v) is 21.1. The van der Waals surface area contributed by atoms with Crippen molar-refractivity contribution in [3.05, 3.63) is 141 Å². The summed E-state index contributed by atoms with van der Waals surface area (Å²) in [5.41, 5.74) is 7.31. The quantitative estimate of drug-likeness (QED) is 0.0475. The van der Waals surface area contributed by atoms with E-state index in [1.54, 1.807) is 29.8 Å². The number of ether oxygens (including phenoxy) is 2. The van der Waals surface area contributed by atoms with Gasteiger partial charge in [0.25, 0.3) is 5.91 Å². The number of unbranched alkanes of at least 4 members (excludes halogenated alkanes) is 6. The lowest BCUT2D eigenvalue weighted by molar-refractivity contribution is 0.0697. The summed E-state index contributed by atoms with van der Waals surface area (Å²) in [5, 5.41) is 24.0. The van der Waals surface area contributed by atoms with E-state index in [1.165, 1.54) is 144 Å². The molecule has 73 heavy (non-hydrogen) atoms. The molecule has 1 saturated heterocycles. The molecule has 4 aromatic rings. The number of allylic oxidation sites excluding steroid dienone is 1. The number of carboxylic acids is 1. The van der Waals surface area contributed by atoms with Crippen LogP contribution in [0.25, 0.3) is 39.0 Å². The zero-order valence-electron chi connectivity index (χ0n) is 41.7. The number of aromatic hydroxyl groups is 1. The standard InChI is InChI=1S/C62H70N2O8.CH4/c65-48-18-25-53-56(39-48)72-57-40-49(66)19-26-54(57)60(53)52-24-17-45(38-55(52)62(68)69)61(67)63-27-7-1-5-11-31-70-50-20-13-43(14-21-50)58(59-46-34-41-33-42(36-46)37-47(59)35-41)44-15-22-51(23-16-44)71-32-12-6-4-10-30-64-28-8-2-3-9-29-64;/h13-26,38-42,46-47,65H,1-12,27-37H2,(H,63,67)(H,68,69);1H4. The highest BCUT2D eigenvalue weighted by molar-refractivity contribution is 6.09. The minimum Gasteiger partial charge on any atom is -0.508 e. The van der Waals surface area contributed by atoms with Crippen molar-refractivity contribution >= 4 is 28.4 Å². The van der Waals surface area contributed by atoms with Crippen molar-refractivity contribution in [2.45, 2.75) is 117 Å². The summed E-state index contributed by atoms with van der Waals surface area (Å²) in [6.07, 6.45) is 20.7. The number of nitrogens with zero attached hydrogens (tertiary/aromatic N) is 1. The Hall–Kier alpha value is -6.39. The Labute approximate surface area is 431 Å². The molecule has 10 heteroatoms. The van der Waals surface area contributed by atoms with Crippen LogP contribution >= 0.6 is 0 Å². The van der Waals surface area contributed by atoms with E-state index in [9.17, 15) is 24.6 Å². The number of aromatic carboxylic acids is 1. The molecular weight excluding hydrogens is 913 g/mol. The summed E-state index contributed by atoms with van der Waals surface area (Å²) in [6, 6.07) is 31.2. The van der Waals surface area contributed by atoms with Gasteiger partial charge in [-0.2, -0.15) is 0 Å². The van der Waals surface area contributed by atoms with Gasteiger partial charge >= 0.3 is 5.97 Å². The number of likely N-dealkylation sites (tertiary alicyclic amines) is 1. The second-order valence-electron chi connectivity index (χ2n) is 21.1. The molecule has 0 spiro atoms. The topological polar surface area (TPSA) is 139 Å². The Morgan fingerprint density at radius 3 is 1.85 bits per heavy atom. The third-order valence-corrected chi connectivity index (χ3v) is 16.0. The van der Waals surface area contributed by atoms with Gasteiger partial charge in [0.2, 0.25) is 0 Å². The second kappa shape index (κ2) is 24.1. The predicted octanol–water partition coefficient (Wildman–Crippen LogP) is 14.0.